The number of carbonyl (C=O) groups excluding carboxylic acids is 1. The highest BCUT2D eigenvalue weighted by atomic mass is 16.5. The van der Waals surface area contributed by atoms with Crippen LogP contribution in [0.15, 0.2) is 48.8 Å². The number of carbonyl (C=O) groups is 1. The molecule has 1 aromatic heterocycles. The maximum atomic E-state index is 12.9. The SMILES string of the molecule is COc1ccccc1NC(=O)N(Cc1cccnc1)C[C@@H]1CCCO1. The lowest BCUT2D eigenvalue weighted by Gasteiger charge is -2.26. The van der Waals surface area contributed by atoms with E-state index in [2.05, 4.69) is 10.3 Å². The maximum Gasteiger partial charge on any atom is 0.322 e. The van der Waals surface area contributed by atoms with Crippen molar-refractivity contribution >= 4 is 11.7 Å². The lowest BCUT2D eigenvalue weighted by molar-refractivity contribution is 0.0819. The average molecular weight is 341 g/mol. The second kappa shape index (κ2) is 8.48. The highest BCUT2D eigenvalue weighted by molar-refractivity contribution is 5.91. The Kier molecular flexibility index (Phi) is 5.85. The Balaban J connectivity index is 1.73. The van der Waals surface area contributed by atoms with Crippen molar-refractivity contribution in [2.45, 2.75) is 25.5 Å². The van der Waals surface area contributed by atoms with Gasteiger partial charge in [0.25, 0.3) is 0 Å². The fourth-order valence-corrected chi connectivity index (χ4v) is 2.91. The Morgan fingerprint density at radius 3 is 2.96 bits per heavy atom. The Labute approximate surface area is 147 Å². The molecule has 2 aromatic rings. The highest BCUT2D eigenvalue weighted by Crippen LogP contribution is 2.24. The zero-order valence-corrected chi connectivity index (χ0v) is 14.4. The van der Waals surface area contributed by atoms with Crippen LogP contribution in [0, 0.1) is 0 Å². The summed E-state index contributed by atoms with van der Waals surface area (Å²) in [7, 11) is 1.59. The summed E-state index contributed by atoms with van der Waals surface area (Å²) in [5.41, 5.74) is 1.63. The second-order valence-corrected chi connectivity index (χ2v) is 6.01. The van der Waals surface area contributed by atoms with E-state index in [-0.39, 0.29) is 12.1 Å². The van der Waals surface area contributed by atoms with Gasteiger partial charge in [-0.2, -0.15) is 0 Å². The zero-order chi connectivity index (χ0) is 17.5. The number of hydrogen-bond acceptors (Lipinski definition) is 4. The van der Waals surface area contributed by atoms with E-state index in [9.17, 15) is 4.79 Å². The second-order valence-electron chi connectivity index (χ2n) is 6.01. The number of benzene rings is 1. The normalized spacial score (nSPS) is 16.4. The molecule has 0 bridgehead atoms. The molecule has 1 N–H and O–H groups in total. The molecule has 2 heterocycles. The van der Waals surface area contributed by atoms with E-state index >= 15 is 0 Å². The molecule has 1 aliphatic heterocycles. The molecule has 1 aromatic carbocycles. The number of anilines is 1. The van der Waals surface area contributed by atoms with Gasteiger partial charge in [-0.1, -0.05) is 18.2 Å². The molecule has 1 saturated heterocycles. The van der Waals surface area contributed by atoms with Gasteiger partial charge in [-0.15, -0.1) is 0 Å². The molecule has 6 heteroatoms. The Morgan fingerprint density at radius 2 is 2.24 bits per heavy atom. The number of pyridine rings is 1. The molecular weight excluding hydrogens is 318 g/mol. The van der Waals surface area contributed by atoms with Crippen molar-refractivity contribution in [2.24, 2.45) is 0 Å². The van der Waals surface area contributed by atoms with Crippen molar-refractivity contribution in [1.82, 2.24) is 9.88 Å². The molecule has 0 unspecified atom stereocenters. The largest absolute Gasteiger partial charge is 0.495 e. The van der Waals surface area contributed by atoms with Crippen LogP contribution >= 0.6 is 0 Å². The molecule has 132 valence electrons. The van der Waals surface area contributed by atoms with Crippen LogP contribution < -0.4 is 10.1 Å². The van der Waals surface area contributed by atoms with Crippen molar-refractivity contribution in [2.75, 3.05) is 25.6 Å². The third-order valence-electron chi connectivity index (χ3n) is 4.18. The van der Waals surface area contributed by atoms with Crippen molar-refractivity contribution in [3.05, 3.63) is 54.4 Å². The number of para-hydroxylation sites is 2. The van der Waals surface area contributed by atoms with Crippen LogP contribution in [0.4, 0.5) is 10.5 Å². The van der Waals surface area contributed by atoms with E-state index in [4.69, 9.17) is 9.47 Å². The molecule has 1 aliphatic rings. The van der Waals surface area contributed by atoms with Gasteiger partial charge in [-0.25, -0.2) is 4.79 Å². The number of ether oxygens (including phenoxy) is 2. The van der Waals surface area contributed by atoms with Gasteiger partial charge in [-0.3, -0.25) is 4.98 Å². The van der Waals surface area contributed by atoms with Gasteiger partial charge in [0, 0.05) is 32.1 Å². The molecule has 1 atom stereocenters. The fourth-order valence-electron chi connectivity index (χ4n) is 2.91. The monoisotopic (exact) mass is 341 g/mol. The van der Waals surface area contributed by atoms with Crippen LogP contribution in [0.2, 0.25) is 0 Å². The molecule has 0 spiro atoms. The summed E-state index contributed by atoms with van der Waals surface area (Å²) in [5.74, 6) is 0.634. The van der Waals surface area contributed by atoms with Crippen molar-refractivity contribution in [3.63, 3.8) is 0 Å². The first-order valence-electron chi connectivity index (χ1n) is 8.45. The van der Waals surface area contributed by atoms with Crippen LogP contribution in [0.25, 0.3) is 0 Å². The standard InChI is InChI=1S/C19H23N3O3/c1-24-18-9-3-2-8-17(18)21-19(23)22(14-16-7-5-11-25-16)13-15-6-4-10-20-12-15/h2-4,6,8-10,12,16H,5,7,11,13-14H2,1H3,(H,21,23)/t16-/m0/s1. The molecule has 0 radical (unpaired) electrons. The predicted molar refractivity (Wildman–Crippen MR) is 95.6 cm³/mol. The maximum absolute atomic E-state index is 12.9. The number of amides is 2. The fraction of sp³-hybridized carbons (Fsp3) is 0.368. The van der Waals surface area contributed by atoms with E-state index in [0.717, 1.165) is 25.0 Å². The first-order chi connectivity index (χ1) is 12.3. The lowest BCUT2D eigenvalue weighted by Crippen LogP contribution is -2.39. The topological polar surface area (TPSA) is 63.7 Å². The van der Waals surface area contributed by atoms with Crippen LogP contribution in [0.5, 0.6) is 5.75 Å². The third kappa shape index (κ3) is 4.70. The van der Waals surface area contributed by atoms with Crippen molar-refractivity contribution in [3.8, 4) is 5.75 Å². The van der Waals surface area contributed by atoms with E-state index in [0.29, 0.717) is 24.5 Å². The number of urea groups is 1. The Morgan fingerprint density at radius 1 is 1.36 bits per heavy atom. The summed E-state index contributed by atoms with van der Waals surface area (Å²) >= 11 is 0. The summed E-state index contributed by atoms with van der Waals surface area (Å²) in [6.07, 6.45) is 5.60. The van der Waals surface area contributed by atoms with Gasteiger partial charge in [0.1, 0.15) is 5.75 Å². The predicted octanol–water partition coefficient (Wildman–Crippen LogP) is 3.30. The minimum Gasteiger partial charge on any atom is -0.495 e. The zero-order valence-electron chi connectivity index (χ0n) is 14.4. The number of rotatable bonds is 6. The molecule has 0 saturated carbocycles. The van der Waals surface area contributed by atoms with Gasteiger partial charge in [0.05, 0.1) is 18.9 Å². The number of hydrogen-bond donors (Lipinski definition) is 1. The van der Waals surface area contributed by atoms with Crippen molar-refractivity contribution < 1.29 is 14.3 Å². The van der Waals surface area contributed by atoms with Crippen LogP contribution in [0.1, 0.15) is 18.4 Å². The number of nitrogens with zero attached hydrogens (tertiary/aromatic N) is 2. The van der Waals surface area contributed by atoms with Gasteiger partial charge in [0.15, 0.2) is 0 Å². The van der Waals surface area contributed by atoms with Gasteiger partial charge in [-0.05, 0) is 36.6 Å². The van der Waals surface area contributed by atoms with E-state index in [1.54, 1.807) is 24.4 Å². The van der Waals surface area contributed by atoms with Gasteiger partial charge < -0.3 is 19.7 Å². The molecule has 2 amide bonds. The Bertz CT molecular complexity index is 687. The average Bonchev–Trinajstić information content (AvgIpc) is 3.15. The summed E-state index contributed by atoms with van der Waals surface area (Å²) in [5, 5.41) is 2.94. The molecular formula is C19H23N3O3. The first-order valence-corrected chi connectivity index (χ1v) is 8.45. The number of methoxy groups -OCH3 is 1. The lowest BCUT2D eigenvalue weighted by atomic mass is 10.2. The van der Waals surface area contributed by atoms with Crippen LogP contribution in [-0.4, -0.2) is 42.3 Å². The summed E-state index contributed by atoms with van der Waals surface area (Å²) < 4.78 is 11.0. The van der Waals surface area contributed by atoms with E-state index < -0.39 is 0 Å². The van der Waals surface area contributed by atoms with E-state index in [1.807, 2.05) is 36.4 Å². The summed E-state index contributed by atoms with van der Waals surface area (Å²) in [6, 6.07) is 11.0. The number of aromatic nitrogens is 1. The van der Waals surface area contributed by atoms with Crippen molar-refractivity contribution in [1.29, 1.82) is 0 Å². The molecule has 3 rings (SSSR count). The minimum absolute atomic E-state index is 0.0834. The first kappa shape index (κ1) is 17.2. The van der Waals surface area contributed by atoms with Crippen LogP contribution in [-0.2, 0) is 11.3 Å². The molecule has 6 nitrogen and oxygen atoms in total. The highest BCUT2D eigenvalue weighted by Gasteiger charge is 2.23. The third-order valence-corrected chi connectivity index (χ3v) is 4.18. The molecule has 0 aliphatic carbocycles. The molecule has 1 fully saturated rings. The number of nitrogens with one attached hydrogen (secondary N) is 1. The molecule has 25 heavy (non-hydrogen) atoms. The summed E-state index contributed by atoms with van der Waals surface area (Å²) in [6.45, 7) is 1.80. The minimum atomic E-state index is -0.177. The quantitative estimate of drug-likeness (QED) is 0.875. The Hall–Kier alpha value is -2.60. The van der Waals surface area contributed by atoms with Crippen LogP contribution in [0.3, 0.4) is 0 Å². The summed E-state index contributed by atoms with van der Waals surface area (Å²) in [4.78, 5) is 18.8. The smallest absolute Gasteiger partial charge is 0.322 e. The van der Waals surface area contributed by atoms with Gasteiger partial charge in [0.2, 0.25) is 0 Å². The van der Waals surface area contributed by atoms with E-state index in [1.165, 1.54) is 0 Å². The van der Waals surface area contributed by atoms with Gasteiger partial charge >= 0.3 is 6.03 Å².